The van der Waals surface area contributed by atoms with Gasteiger partial charge in [-0.1, -0.05) is 51.1 Å². The number of anilines is 1. The van der Waals surface area contributed by atoms with E-state index >= 15 is 0 Å². The normalized spacial score (nSPS) is 21.9. The molecule has 1 aliphatic heterocycles. The number of nitrogen functional groups attached to an aromatic ring is 1. The average molecular weight is 922 g/mol. The molecule has 3 heterocycles. The van der Waals surface area contributed by atoms with Crippen LogP contribution >= 0.6 is 35.2 Å². The van der Waals surface area contributed by atoms with E-state index in [1.54, 1.807) is 12.2 Å². The number of hydrogen-bond donors (Lipinski definition) is 10. The van der Waals surface area contributed by atoms with E-state index < -0.39 is 90.7 Å². The maximum absolute atomic E-state index is 12.7. The number of allylic oxidation sites excluding steroid dienone is 1. The molecule has 25 nitrogen and oxygen atoms in total. The Morgan fingerprint density at radius 2 is 1.75 bits per heavy atom. The number of nitrogens with zero attached hydrogens (tertiary/aromatic N) is 4. The van der Waals surface area contributed by atoms with E-state index in [0.29, 0.717) is 18.6 Å². The standard InChI is InChI=1S/C30H50N7O18P3S/c1-4-7-18(38)8-5-6-9-21(40)59-13-12-32-20(39)10-11-33-28(43)25(42)30(2,3)15-52-58(49,50)55-57(47,48)51-14-19-24(54-56(44,45)46)23(41)29(53-19)37-17-36-22-26(31)34-16-35-27(22)37/h5,8,16-19,23-25,29,38,41-42H,4,6-7,9-15H2,1-3H3,(H,32,39)(H,33,43)(H,47,48)(H,49,50)(H2,31,34,35)(H2,44,45,46)/b8-5+. The first kappa shape index (κ1) is 50.6. The molecule has 2 amide bonds. The number of amides is 2. The van der Waals surface area contributed by atoms with E-state index in [4.69, 9.17) is 19.5 Å². The summed E-state index contributed by atoms with van der Waals surface area (Å²) in [5.41, 5.74) is 4.24. The lowest BCUT2D eigenvalue weighted by molar-refractivity contribution is -0.137. The number of nitrogens with one attached hydrogen (secondary N) is 2. The van der Waals surface area contributed by atoms with Gasteiger partial charge in [0.15, 0.2) is 22.8 Å². The lowest BCUT2D eigenvalue weighted by atomic mass is 9.87. The minimum absolute atomic E-state index is 0.0268. The summed E-state index contributed by atoms with van der Waals surface area (Å²) in [4.78, 5) is 87.7. The third kappa shape index (κ3) is 16.6. The monoisotopic (exact) mass is 921 g/mol. The van der Waals surface area contributed by atoms with Crippen LogP contribution in [0.4, 0.5) is 5.82 Å². The van der Waals surface area contributed by atoms with Crippen LogP contribution in [0.2, 0.25) is 0 Å². The molecule has 3 rings (SSSR count). The molecule has 0 aromatic carbocycles. The summed E-state index contributed by atoms with van der Waals surface area (Å²) < 4.78 is 62.1. The molecule has 0 aliphatic carbocycles. The molecule has 8 unspecified atom stereocenters. The number of rotatable bonds is 25. The second-order valence-electron chi connectivity index (χ2n) is 13.6. The third-order valence-electron chi connectivity index (χ3n) is 8.22. The summed E-state index contributed by atoms with van der Waals surface area (Å²) in [6, 6.07) is 0. The number of carbonyl (C=O) groups excluding carboxylic acids is 3. The molecule has 1 aliphatic rings. The first-order chi connectivity index (χ1) is 27.4. The lowest BCUT2D eigenvalue weighted by Gasteiger charge is -2.30. The average Bonchev–Trinajstić information content (AvgIpc) is 3.70. The van der Waals surface area contributed by atoms with Crippen LogP contribution in [0.15, 0.2) is 24.8 Å². The van der Waals surface area contributed by atoms with Crippen molar-refractivity contribution in [3.8, 4) is 0 Å². The van der Waals surface area contributed by atoms with Gasteiger partial charge in [-0.2, -0.15) is 4.31 Å². The molecule has 59 heavy (non-hydrogen) atoms. The fourth-order valence-electron chi connectivity index (χ4n) is 5.21. The molecular weight excluding hydrogens is 871 g/mol. The molecule has 11 N–H and O–H groups in total. The van der Waals surface area contributed by atoms with Crippen molar-refractivity contribution < 1.29 is 85.6 Å². The summed E-state index contributed by atoms with van der Waals surface area (Å²) in [6.07, 6.45) is -1.86. The Morgan fingerprint density at radius 1 is 1.05 bits per heavy atom. The van der Waals surface area contributed by atoms with Gasteiger partial charge in [-0.3, -0.25) is 32.5 Å². The number of thioether (sulfide) groups is 1. The van der Waals surface area contributed by atoms with Gasteiger partial charge >= 0.3 is 23.5 Å². The van der Waals surface area contributed by atoms with Gasteiger partial charge in [-0.25, -0.2) is 28.6 Å². The van der Waals surface area contributed by atoms with Crippen molar-refractivity contribution in [2.45, 2.75) is 89.6 Å². The summed E-state index contributed by atoms with van der Waals surface area (Å²) in [5.74, 6) is -1.17. The van der Waals surface area contributed by atoms with Crippen LogP contribution in [0, 0.1) is 5.41 Å². The Hall–Kier alpha value is -2.74. The van der Waals surface area contributed by atoms with Crippen molar-refractivity contribution in [2.75, 3.05) is 37.8 Å². The molecule has 1 saturated heterocycles. The Bertz CT molecular complexity index is 1920. The highest BCUT2D eigenvalue weighted by molar-refractivity contribution is 8.13. The predicted octanol–water partition coefficient (Wildman–Crippen LogP) is 0.162. The van der Waals surface area contributed by atoms with E-state index in [1.165, 1.54) is 13.8 Å². The predicted molar refractivity (Wildman–Crippen MR) is 206 cm³/mol. The van der Waals surface area contributed by atoms with Crippen molar-refractivity contribution >= 4 is 69.1 Å². The van der Waals surface area contributed by atoms with E-state index in [0.717, 1.165) is 35.4 Å². The van der Waals surface area contributed by atoms with Crippen molar-refractivity contribution in [3.05, 3.63) is 24.8 Å². The minimum atomic E-state index is -5.58. The van der Waals surface area contributed by atoms with Gasteiger partial charge in [0.2, 0.25) is 11.8 Å². The molecule has 1 fully saturated rings. The minimum Gasteiger partial charge on any atom is -0.389 e. The number of ether oxygens (including phenoxy) is 1. The van der Waals surface area contributed by atoms with Gasteiger partial charge in [0, 0.05) is 37.1 Å². The number of phosphoric ester groups is 3. The van der Waals surface area contributed by atoms with E-state index in [9.17, 15) is 63.0 Å². The highest BCUT2D eigenvalue weighted by atomic mass is 32.2. The van der Waals surface area contributed by atoms with Gasteiger partial charge in [0.1, 0.15) is 36.3 Å². The number of fused-ring (bicyclic) bond motifs is 1. The fourth-order valence-corrected chi connectivity index (χ4v) is 8.74. The quantitative estimate of drug-likeness (QED) is 0.0360. The van der Waals surface area contributed by atoms with Gasteiger partial charge in [-0.15, -0.1) is 0 Å². The number of nitrogens with two attached hydrogens (primary N) is 1. The number of hydrogen-bond acceptors (Lipinski definition) is 19. The summed E-state index contributed by atoms with van der Waals surface area (Å²) in [6.45, 7) is 2.38. The first-order valence-electron chi connectivity index (χ1n) is 17.8. The van der Waals surface area contributed by atoms with E-state index in [-0.39, 0.29) is 48.0 Å². The molecule has 2 aromatic heterocycles. The molecule has 0 spiro atoms. The maximum Gasteiger partial charge on any atom is 0.481 e. The largest absolute Gasteiger partial charge is 0.481 e. The fraction of sp³-hybridized carbons (Fsp3) is 0.667. The number of carbonyl (C=O) groups is 3. The van der Waals surface area contributed by atoms with Crippen molar-refractivity contribution in [1.82, 2.24) is 30.2 Å². The molecule has 8 atom stereocenters. The molecule has 29 heteroatoms. The number of aromatic nitrogens is 4. The first-order valence-corrected chi connectivity index (χ1v) is 23.3. The van der Waals surface area contributed by atoms with Crippen LogP contribution in [0.25, 0.3) is 11.2 Å². The highest BCUT2D eigenvalue weighted by Gasteiger charge is 2.50. The number of aliphatic hydroxyl groups is 3. The zero-order valence-electron chi connectivity index (χ0n) is 32.1. The van der Waals surface area contributed by atoms with Gasteiger partial charge in [-0.05, 0) is 12.8 Å². The maximum atomic E-state index is 12.7. The van der Waals surface area contributed by atoms with Crippen molar-refractivity contribution in [1.29, 1.82) is 0 Å². The SMILES string of the molecule is CCCC(O)/C=C/CCC(=O)SCCNC(=O)CCNC(=O)C(O)C(C)(C)COP(=O)(O)OP(=O)(O)OCC1OC(n2cnc3c(N)ncnc32)C(O)C1OP(=O)(O)O. The topological polar surface area (TPSA) is 384 Å². The van der Waals surface area contributed by atoms with E-state index in [2.05, 4.69) is 34.4 Å². The summed E-state index contributed by atoms with van der Waals surface area (Å²) in [7, 11) is -16.4. The molecular formula is C30H50N7O18P3S. The molecule has 334 valence electrons. The van der Waals surface area contributed by atoms with Gasteiger partial charge < -0.3 is 56.0 Å². The summed E-state index contributed by atoms with van der Waals surface area (Å²) >= 11 is 1.04. The van der Waals surface area contributed by atoms with Crippen LogP contribution in [0.5, 0.6) is 0 Å². The zero-order valence-corrected chi connectivity index (χ0v) is 35.6. The summed E-state index contributed by atoms with van der Waals surface area (Å²) in [5, 5.41) is 36.0. The smallest absolute Gasteiger partial charge is 0.389 e. The van der Waals surface area contributed by atoms with Crippen molar-refractivity contribution in [3.63, 3.8) is 0 Å². The highest BCUT2D eigenvalue weighted by Crippen LogP contribution is 2.61. The number of aliphatic hydroxyl groups excluding tert-OH is 3. The van der Waals surface area contributed by atoms with Gasteiger partial charge in [0.25, 0.3) is 0 Å². The van der Waals surface area contributed by atoms with Crippen LogP contribution in [-0.2, 0) is 50.7 Å². The number of imidazole rings is 1. The third-order valence-corrected chi connectivity index (χ3v) is 12.3. The molecule has 0 bridgehead atoms. The molecule has 0 radical (unpaired) electrons. The molecule has 2 aromatic rings. The number of phosphoric acid groups is 3. The van der Waals surface area contributed by atoms with Crippen molar-refractivity contribution in [2.24, 2.45) is 5.41 Å². The Morgan fingerprint density at radius 3 is 2.42 bits per heavy atom. The molecule has 0 saturated carbocycles. The van der Waals surface area contributed by atoms with Crippen LogP contribution in [-0.4, -0.2) is 134 Å². The van der Waals surface area contributed by atoms with Crippen LogP contribution in [0.1, 0.15) is 59.1 Å². The van der Waals surface area contributed by atoms with Gasteiger partial charge in [0.05, 0.1) is 25.6 Å². The van der Waals surface area contributed by atoms with Crippen LogP contribution < -0.4 is 16.4 Å². The Balaban J connectivity index is 1.43. The second-order valence-corrected chi connectivity index (χ2v) is 19.0. The Labute approximate surface area is 341 Å². The zero-order chi connectivity index (χ0) is 44.2. The lowest BCUT2D eigenvalue weighted by Crippen LogP contribution is -2.46. The van der Waals surface area contributed by atoms with E-state index in [1.807, 2.05) is 6.92 Å². The second kappa shape index (κ2) is 22.4. The Kier molecular flexibility index (Phi) is 19.2. The van der Waals surface area contributed by atoms with Crippen LogP contribution in [0.3, 0.4) is 0 Å².